The highest BCUT2D eigenvalue weighted by molar-refractivity contribution is 5.80. The third-order valence-electron chi connectivity index (χ3n) is 3.94. The molecule has 2 heterocycles. The molecule has 1 atom stereocenters. The summed E-state index contributed by atoms with van der Waals surface area (Å²) in [4.78, 5) is 11.8. The number of ether oxygens (including phenoxy) is 2. The number of carbonyl (C=O) groups is 1. The molecule has 1 fully saturated rings. The van der Waals surface area contributed by atoms with Crippen molar-refractivity contribution < 1.29 is 14.3 Å². The van der Waals surface area contributed by atoms with Gasteiger partial charge in [0.05, 0.1) is 12.5 Å². The van der Waals surface area contributed by atoms with Crippen molar-refractivity contribution >= 4 is 16.9 Å². The Balaban J connectivity index is 1.47. The van der Waals surface area contributed by atoms with Gasteiger partial charge in [0.1, 0.15) is 6.61 Å². The third-order valence-corrected chi connectivity index (χ3v) is 3.94. The van der Waals surface area contributed by atoms with Crippen LogP contribution < -0.4 is 0 Å². The SMILES string of the molecule is O=C(CCn1ccc2ccccc21)OCC1CCCCO1. The second kappa shape index (κ2) is 6.76. The zero-order valence-corrected chi connectivity index (χ0v) is 12.2. The van der Waals surface area contributed by atoms with Crippen molar-refractivity contribution in [3.63, 3.8) is 0 Å². The molecule has 2 aromatic rings. The van der Waals surface area contributed by atoms with Gasteiger partial charge in [-0.2, -0.15) is 0 Å². The van der Waals surface area contributed by atoms with E-state index in [1.807, 2.05) is 18.3 Å². The lowest BCUT2D eigenvalue weighted by Crippen LogP contribution is -2.26. The molecule has 3 rings (SSSR count). The number of esters is 1. The molecule has 4 nitrogen and oxygen atoms in total. The largest absolute Gasteiger partial charge is 0.463 e. The molecule has 1 aromatic heterocycles. The molecule has 0 spiro atoms. The number of fused-ring (bicyclic) bond motifs is 1. The number of carbonyl (C=O) groups excluding carboxylic acids is 1. The molecule has 0 saturated carbocycles. The molecule has 0 radical (unpaired) electrons. The van der Waals surface area contributed by atoms with Crippen molar-refractivity contribution in [3.8, 4) is 0 Å². The lowest BCUT2D eigenvalue weighted by molar-refractivity contribution is -0.149. The van der Waals surface area contributed by atoms with Crippen molar-refractivity contribution in [1.82, 2.24) is 4.57 Å². The maximum absolute atomic E-state index is 11.8. The van der Waals surface area contributed by atoms with Crippen LogP contribution in [0, 0.1) is 0 Å². The number of aryl methyl sites for hydroxylation is 1. The van der Waals surface area contributed by atoms with Gasteiger partial charge in [-0.15, -0.1) is 0 Å². The van der Waals surface area contributed by atoms with E-state index >= 15 is 0 Å². The van der Waals surface area contributed by atoms with Crippen molar-refractivity contribution in [2.24, 2.45) is 0 Å². The molecule has 0 amide bonds. The van der Waals surface area contributed by atoms with Crippen LogP contribution in [0.3, 0.4) is 0 Å². The Kier molecular flexibility index (Phi) is 4.55. The summed E-state index contributed by atoms with van der Waals surface area (Å²) in [6.07, 6.45) is 5.78. The van der Waals surface area contributed by atoms with Crippen LogP contribution in [-0.4, -0.2) is 29.9 Å². The maximum Gasteiger partial charge on any atom is 0.307 e. The normalized spacial score (nSPS) is 18.8. The standard InChI is InChI=1S/C17H21NO3/c19-17(21-13-15-6-3-4-12-20-15)9-11-18-10-8-14-5-1-2-7-16(14)18/h1-2,5,7-8,10,15H,3-4,6,9,11-13H2. The van der Waals surface area contributed by atoms with Gasteiger partial charge in [0.25, 0.3) is 0 Å². The topological polar surface area (TPSA) is 40.5 Å². The molecule has 1 aromatic carbocycles. The van der Waals surface area contributed by atoms with Gasteiger partial charge in [0, 0.05) is 24.9 Å². The van der Waals surface area contributed by atoms with Crippen molar-refractivity contribution in [2.75, 3.05) is 13.2 Å². The first kappa shape index (κ1) is 14.1. The van der Waals surface area contributed by atoms with Gasteiger partial charge in [0.2, 0.25) is 0 Å². The second-order valence-electron chi connectivity index (χ2n) is 5.49. The number of hydrogen-bond acceptors (Lipinski definition) is 3. The van der Waals surface area contributed by atoms with Gasteiger partial charge in [-0.05, 0) is 36.8 Å². The van der Waals surface area contributed by atoms with E-state index in [4.69, 9.17) is 9.47 Å². The Hall–Kier alpha value is -1.81. The lowest BCUT2D eigenvalue weighted by Gasteiger charge is -2.22. The first-order valence-corrected chi connectivity index (χ1v) is 7.64. The fraction of sp³-hybridized carbons (Fsp3) is 0.471. The highest BCUT2D eigenvalue weighted by Crippen LogP contribution is 2.16. The van der Waals surface area contributed by atoms with Gasteiger partial charge in [-0.1, -0.05) is 18.2 Å². The van der Waals surface area contributed by atoms with Gasteiger partial charge in [-0.3, -0.25) is 4.79 Å². The number of para-hydroxylation sites is 1. The summed E-state index contributed by atoms with van der Waals surface area (Å²) < 4.78 is 13.0. The average molecular weight is 287 g/mol. The zero-order chi connectivity index (χ0) is 14.5. The minimum Gasteiger partial charge on any atom is -0.463 e. The van der Waals surface area contributed by atoms with E-state index in [-0.39, 0.29) is 12.1 Å². The molecule has 0 N–H and O–H groups in total. The number of hydrogen-bond donors (Lipinski definition) is 0. The number of aromatic nitrogens is 1. The van der Waals surface area contributed by atoms with Crippen LogP contribution in [0.15, 0.2) is 36.5 Å². The Bertz CT molecular complexity index is 599. The van der Waals surface area contributed by atoms with Crippen LogP contribution in [0.25, 0.3) is 10.9 Å². The monoisotopic (exact) mass is 287 g/mol. The van der Waals surface area contributed by atoms with Gasteiger partial charge in [-0.25, -0.2) is 0 Å². The average Bonchev–Trinajstić information content (AvgIpc) is 2.95. The predicted octanol–water partition coefficient (Wildman–Crippen LogP) is 3.14. The molecule has 112 valence electrons. The Morgan fingerprint density at radius 2 is 2.19 bits per heavy atom. The van der Waals surface area contributed by atoms with E-state index in [1.54, 1.807) is 0 Å². The van der Waals surface area contributed by atoms with Crippen LogP contribution >= 0.6 is 0 Å². The lowest BCUT2D eigenvalue weighted by atomic mass is 10.1. The van der Waals surface area contributed by atoms with Crippen molar-refractivity contribution in [1.29, 1.82) is 0 Å². The molecule has 0 bridgehead atoms. The molecule has 4 heteroatoms. The Morgan fingerprint density at radius 1 is 1.29 bits per heavy atom. The van der Waals surface area contributed by atoms with Crippen molar-refractivity contribution in [2.45, 2.75) is 38.3 Å². The van der Waals surface area contributed by atoms with Crippen LogP contribution in [-0.2, 0) is 20.8 Å². The summed E-state index contributed by atoms with van der Waals surface area (Å²) in [6, 6.07) is 10.2. The molecule has 1 aliphatic rings. The number of benzene rings is 1. The zero-order valence-electron chi connectivity index (χ0n) is 12.2. The van der Waals surface area contributed by atoms with E-state index in [0.717, 1.165) is 31.4 Å². The smallest absolute Gasteiger partial charge is 0.307 e. The van der Waals surface area contributed by atoms with Crippen molar-refractivity contribution in [3.05, 3.63) is 36.5 Å². The molecule has 0 aliphatic carbocycles. The highest BCUT2D eigenvalue weighted by atomic mass is 16.6. The summed E-state index contributed by atoms with van der Waals surface area (Å²) in [5.41, 5.74) is 1.15. The summed E-state index contributed by atoms with van der Waals surface area (Å²) in [5, 5.41) is 1.20. The van der Waals surface area contributed by atoms with Gasteiger partial charge >= 0.3 is 5.97 Å². The predicted molar refractivity (Wildman–Crippen MR) is 81.1 cm³/mol. The van der Waals surface area contributed by atoms with E-state index in [1.165, 1.54) is 5.39 Å². The molecule has 21 heavy (non-hydrogen) atoms. The van der Waals surface area contributed by atoms with E-state index < -0.39 is 0 Å². The first-order chi connectivity index (χ1) is 10.3. The van der Waals surface area contributed by atoms with E-state index in [2.05, 4.69) is 22.8 Å². The summed E-state index contributed by atoms with van der Waals surface area (Å²) in [7, 11) is 0. The van der Waals surface area contributed by atoms with Crippen LogP contribution in [0.4, 0.5) is 0 Å². The van der Waals surface area contributed by atoms with E-state index in [0.29, 0.717) is 19.6 Å². The number of nitrogens with zero attached hydrogens (tertiary/aromatic N) is 1. The van der Waals surface area contributed by atoms with Gasteiger partial charge < -0.3 is 14.0 Å². The van der Waals surface area contributed by atoms with E-state index in [9.17, 15) is 4.79 Å². The number of rotatable bonds is 5. The summed E-state index contributed by atoms with van der Waals surface area (Å²) in [5.74, 6) is -0.151. The Morgan fingerprint density at radius 3 is 3.05 bits per heavy atom. The fourth-order valence-corrected chi connectivity index (χ4v) is 2.74. The molecular weight excluding hydrogens is 266 g/mol. The molecule has 1 unspecified atom stereocenters. The first-order valence-electron chi connectivity index (χ1n) is 7.64. The highest BCUT2D eigenvalue weighted by Gasteiger charge is 2.16. The van der Waals surface area contributed by atoms with Crippen LogP contribution in [0.5, 0.6) is 0 Å². The minimum atomic E-state index is -0.151. The van der Waals surface area contributed by atoms with Gasteiger partial charge in [0.15, 0.2) is 0 Å². The molecular formula is C17H21NO3. The van der Waals surface area contributed by atoms with Crippen LogP contribution in [0.2, 0.25) is 0 Å². The quantitative estimate of drug-likeness (QED) is 0.793. The fourth-order valence-electron chi connectivity index (χ4n) is 2.74. The Labute approximate surface area is 124 Å². The van der Waals surface area contributed by atoms with Crippen LogP contribution in [0.1, 0.15) is 25.7 Å². The maximum atomic E-state index is 11.8. The summed E-state index contributed by atoms with van der Waals surface area (Å²) >= 11 is 0. The minimum absolute atomic E-state index is 0.0927. The second-order valence-corrected chi connectivity index (χ2v) is 5.49. The molecule has 1 saturated heterocycles. The third kappa shape index (κ3) is 3.64. The molecule has 1 aliphatic heterocycles. The summed E-state index contributed by atoms with van der Waals surface area (Å²) in [6.45, 7) is 1.83.